The molecule has 8 atom stereocenters. The molecule has 7 N–H and O–H groups in total. The maximum atomic E-state index is 13.0. The van der Waals surface area contributed by atoms with E-state index in [0.717, 1.165) is 57.8 Å². The summed E-state index contributed by atoms with van der Waals surface area (Å²) in [6.07, 6.45) is 35.5. The normalized spacial score (nSPS) is 21.6. The van der Waals surface area contributed by atoms with Crippen LogP contribution in [0.2, 0.25) is 0 Å². The van der Waals surface area contributed by atoms with E-state index in [1.165, 1.54) is 135 Å². The summed E-state index contributed by atoms with van der Waals surface area (Å²) in [6, 6.07) is -0.985. The van der Waals surface area contributed by atoms with Crippen LogP contribution in [0.1, 0.15) is 213 Å². The van der Waals surface area contributed by atoms with E-state index < -0.39 is 61.5 Å². The molecule has 1 aliphatic rings. The van der Waals surface area contributed by atoms with Gasteiger partial charge in [-0.25, -0.2) is 0 Å². The van der Waals surface area contributed by atoms with Crippen LogP contribution in [-0.2, 0) is 14.3 Å². The van der Waals surface area contributed by atoms with E-state index >= 15 is 0 Å². The molecule has 0 spiro atoms. The van der Waals surface area contributed by atoms with Crippen molar-refractivity contribution in [1.82, 2.24) is 5.32 Å². The summed E-state index contributed by atoms with van der Waals surface area (Å²) in [7, 11) is 0. The van der Waals surface area contributed by atoms with Gasteiger partial charge in [0.2, 0.25) is 5.91 Å². The first-order chi connectivity index (χ1) is 28.3. The Labute approximate surface area is 354 Å². The third-order valence-corrected chi connectivity index (χ3v) is 11.6. The van der Waals surface area contributed by atoms with E-state index in [-0.39, 0.29) is 6.61 Å². The highest BCUT2D eigenvalue weighted by molar-refractivity contribution is 5.80. The summed E-state index contributed by atoms with van der Waals surface area (Å²) >= 11 is 0. The van der Waals surface area contributed by atoms with Crippen molar-refractivity contribution >= 4 is 5.91 Å². The molecule has 1 rings (SSSR count). The zero-order valence-corrected chi connectivity index (χ0v) is 37.2. The number of nitrogens with one attached hydrogen (secondary N) is 1. The van der Waals surface area contributed by atoms with Gasteiger partial charge in [0.25, 0.3) is 0 Å². The van der Waals surface area contributed by atoms with E-state index in [4.69, 9.17) is 9.47 Å². The second-order valence-electron chi connectivity index (χ2n) is 17.0. The predicted octanol–water partition coefficient (Wildman–Crippen LogP) is 9.25. The Morgan fingerprint density at radius 2 is 1.00 bits per heavy atom. The van der Waals surface area contributed by atoms with Crippen molar-refractivity contribution in [2.75, 3.05) is 13.2 Å². The number of aliphatic hydroxyl groups excluding tert-OH is 6. The van der Waals surface area contributed by atoms with Crippen LogP contribution in [0.25, 0.3) is 0 Å². The summed E-state index contributed by atoms with van der Waals surface area (Å²) in [5.74, 6) is -0.621. The zero-order chi connectivity index (χ0) is 42.5. The monoisotopic (exact) mass is 826 g/mol. The SMILES string of the molecule is CCCCCCC/C=C/CCCC/C=C/[C@@H](O)[C@H](CO[C@@H]1OC(CO)[C@@H](O)C(O)C1O)NC(=O)[C@H](O)CCCCCCCCCCCCCCCCCCCCCC. The highest BCUT2D eigenvalue weighted by Gasteiger charge is 2.44. The smallest absolute Gasteiger partial charge is 0.249 e. The van der Waals surface area contributed by atoms with E-state index in [2.05, 4.69) is 31.3 Å². The standard InChI is InChI=1S/C48H91NO9/c1-3-5-7-9-11-13-15-17-18-19-20-21-22-23-25-27-29-31-33-35-37-42(52)47(56)49-40(39-57-48-46(55)45(54)44(53)43(38-50)58-48)41(51)36-34-32-30-28-26-24-16-14-12-10-8-6-4-2/h16,24,34,36,40-46,48,50-55H,3-15,17-23,25-33,35,37-39H2,1-2H3,(H,49,56)/b24-16+,36-34+/t40-,41+,42+,43?,44+,45?,46?,48+/m0/s1. The maximum absolute atomic E-state index is 13.0. The van der Waals surface area contributed by atoms with Gasteiger partial charge in [0.15, 0.2) is 6.29 Å². The van der Waals surface area contributed by atoms with E-state index in [1.54, 1.807) is 6.08 Å². The first-order valence-corrected chi connectivity index (χ1v) is 24.2. The molecule has 58 heavy (non-hydrogen) atoms. The number of amides is 1. The lowest BCUT2D eigenvalue weighted by molar-refractivity contribution is -0.302. The first kappa shape index (κ1) is 54.6. The molecule has 0 aliphatic carbocycles. The number of carbonyl (C=O) groups excluding carboxylic acids is 1. The van der Waals surface area contributed by atoms with Crippen LogP contribution in [0.15, 0.2) is 24.3 Å². The fourth-order valence-electron chi connectivity index (χ4n) is 7.63. The molecule has 0 bridgehead atoms. The molecule has 1 fully saturated rings. The number of hydrogen-bond acceptors (Lipinski definition) is 9. The molecule has 10 heteroatoms. The van der Waals surface area contributed by atoms with Crippen LogP contribution < -0.4 is 5.32 Å². The number of hydrogen-bond donors (Lipinski definition) is 7. The van der Waals surface area contributed by atoms with Gasteiger partial charge in [0.05, 0.1) is 25.4 Å². The Kier molecular flexibility index (Phi) is 36.3. The summed E-state index contributed by atoms with van der Waals surface area (Å²) in [5, 5.41) is 64.7. The van der Waals surface area contributed by atoms with Gasteiger partial charge in [0, 0.05) is 0 Å². The lowest BCUT2D eigenvalue weighted by atomic mass is 9.99. The number of aliphatic hydroxyl groups is 6. The average molecular weight is 826 g/mol. The fourth-order valence-corrected chi connectivity index (χ4v) is 7.63. The molecule has 1 aliphatic heterocycles. The van der Waals surface area contributed by atoms with E-state index in [9.17, 15) is 35.4 Å². The van der Waals surface area contributed by atoms with Crippen molar-refractivity contribution < 1.29 is 44.9 Å². The van der Waals surface area contributed by atoms with Crippen molar-refractivity contribution in [1.29, 1.82) is 0 Å². The Morgan fingerprint density at radius 1 is 0.586 bits per heavy atom. The predicted molar refractivity (Wildman–Crippen MR) is 236 cm³/mol. The molecule has 1 heterocycles. The van der Waals surface area contributed by atoms with E-state index in [1.807, 2.05) is 6.08 Å². The highest BCUT2D eigenvalue weighted by Crippen LogP contribution is 2.23. The van der Waals surface area contributed by atoms with Gasteiger partial charge < -0.3 is 45.4 Å². The molecule has 0 saturated carbocycles. The van der Waals surface area contributed by atoms with Crippen molar-refractivity contribution in [2.24, 2.45) is 0 Å². The molecular weight excluding hydrogens is 735 g/mol. The topological polar surface area (TPSA) is 169 Å². The number of carbonyl (C=O) groups is 1. The number of allylic oxidation sites excluding steroid dienone is 3. The summed E-state index contributed by atoms with van der Waals surface area (Å²) in [6.45, 7) is 3.59. The lowest BCUT2D eigenvalue weighted by Gasteiger charge is -2.40. The molecule has 342 valence electrons. The second-order valence-corrected chi connectivity index (χ2v) is 17.0. The van der Waals surface area contributed by atoms with E-state index in [0.29, 0.717) is 6.42 Å². The molecule has 1 saturated heterocycles. The molecule has 0 aromatic heterocycles. The molecule has 0 aromatic rings. The van der Waals surface area contributed by atoms with Gasteiger partial charge in [-0.15, -0.1) is 0 Å². The minimum Gasteiger partial charge on any atom is -0.394 e. The molecule has 1 amide bonds. The number of ether oxygens (including phenoxy) is 2. The molecule has 10 nitrogen and oxygen atoms in total. The molecule has 3 unspecified atom stereocenters. The lowest BCUT2D eigenvalue weighted by Crippen LogP contribution is -2.60. The quantitative estimate of drug-likeness (QED) is 0.0235. The van der Waals surface area contributed by atoms with Crippen LogP contribution in [0, 0.1) is 0 Å². The summed E-state index contributed by atoms with van der Waals surface area (Å²) in [5.41, 5.74) is 0. The Hall–Kier alpha value is -1.37. The van der Waals surface area contributed by atoms with Crippen LogP contribution in [0.4, 0.5) is 0 Å². The first-order valence-electron chi connectivity index (χ1n) is 24.2. The van der Waals surface area contributed by atoms with Crippen molar-refractivity contribution in [2.45, 2.75) is 262 Å². The molecular formula is C48H91NO9. The molecule has 0 aromatic carbocycles. The number of unbranched alkanes of at least 4 members (excludes halogenated alkanes) is 27. The van der Waals surface area contributed by atoms with Gasteiger partial charge in [-0.05, 0) is 44.9 Å². The van der Waals surface area contributed by atoms with Gasteiger partial charge in [-0.2, -0.15) is 0 Å². The Bertz CT molecular complexity index is 979. The van der Waals surface area contributed by atoms with Crippen molar-refractivity contribution in [3.63, 3.8) is 0 Å². The van der Waals surface area contributed by atoms with Gasteiger partial charge in [-0.3, -0.25) is 4.79 Å². The Morgan fingerprint density at radius 3 is 1.47 bits per heavy atom. The Balaban J connectivity index is 2.36. The van der Waals surface area contributed by atoms with Crippen molar-refractivity contribution in [3.8, 4) is 0 Å². The minimum absolute atomic E-state index is 0.310. The number of rotatable bonds is 40. The van der Waals surface area contributed by atoms with Gasteiger partial charge >= 0.3 is 0 Å². The largest absolute Gasteiger partial charge is 0.394 e. The van der Waals surface area contributed by atoms with Gasteiger partial charge in [-0.1, -0.05) is 192 Å². The summed E-state index contributed by atoms with van der Waals surface area (Å²) in [4.78, 5) is 13.0. The third-order valence-electron chi connectivity index (χ3n) is 11.6. The summed E-state index contributed by atoms with van der Waals surface area (Å²) < 4.78 is 11.1. The zero-order valence-electron chi connectivity index (χ0n) is 37.2. The van der Waals surface area contributed by atoms with Gasteiger partial charge in [0.1, 0.15) is 30.5 Å². The average Bonchev–Trinajstić information content (AvgIpc) is 3.22. The van der Waals surface area contributed by atoms with Crippen molar-refractivity contribution in [3.05, 3.63) is 24.3 Å². The van der Waals surface area contributed by atoms with Crippen LogP contribution >= 0.6 is 0 Å². The third kappa shape index (κ3) is 28.2. The van der Waals surface area contributed by atoms with Crippen LogP contribution in [0.3, 0.4) is 0 Å². The fraction of sp³-hybridized carbons (Fsp3) is 0.896. The maximum Gasteiger partial charge on any atom is 0.249 e. The highest BCUT2D eigenvalue weighted by atomic mass is 16.7. The second kappa shape index (κ2) is 38.5. The van der Waals surface area contributed by atoms with Crippen LogP contribution in [0.5, 0.6) is 0 Å². The molecule has 0 radical (unpaired) electrons. The van der Waals surface area contributed by atoms with Crippen LogP contribution in [-0.4, -0.2) is 98.7 Å². The minimum atomic E-state index is -1.61.